The summed E-state index contributed by atoms with van der Waals surface area (Å²) < 4.78 is 0. The third kappa shape index (κ3) is 6.69. The second-order valence-corrected chi connectivity index (χ2v) is 17.8. The second kappa shape index (κ2) is 15.4. The van der Waals surface area contributed by atoms with Crippen molar-refractivity contribution in [3.63, 3.8) is 0 Å². The maximum atomic E-state index is 12.6. The van der Waals surface area contributed by atoms with Gasteiger partial charge in [-0.25, -0.2) is 14.8 Å². The summed E-state index contributed by atoms with van der Waals surface area (Å²) >= 11 is 0. The molecule has 8 bridgehead atoms. The standard InChI is InChI=1S/C58H50N4O2/c1-30-24-33(4)51(34(5)25-30)55-45-18-16-43(59-45)54(41-14-15-42(58(63)64)40-13-11-10-12-39(40)41)44-17-19-46(60-44)56(52-35(6)26-31(2)27-36(52)7)48-21-23-50(62-48)57(49-22-20-47(55)61-49)53-37(8)28-32(3)29-38(53)9/h10-29,59,62H,1-9H3,(H,63,64). The lowest BCUT2D eigenvalue weighted by Crippen LogP contribution is -1.98. The van der Waals surface area contributed by atoms with Gasteiger partial charge >= 0.3 is 5.97 Å². The van der Waals surface area contributed by atoms with Crippen LogP contribution >= 0.6 is 0 Å². The molecule has 10 rings (SSSR count). The maximum absolute atomic E-state index is 12.6. The van der Waals surface area contributed by atoms with Crippen LogP contribution in [0, 0.1) is 62.3 Å². The van der Waals surface area contributed by atoms with Gasteiger partial charge in [0.05, 0.1) is 28.3 Å². The van der Waals surface area contributed by atoms with E-state index in [1.54, 1.807) is 6.07 Å². The van der Waals surface area contributed by atoms with Gasteiger partial charge in [0.1, 0.15) is 0 Å². The fourth-order valence-electron chi connectivity index (χ4n) is 10.7. The van der Waals surface area contributed by atoms with Crippen LogP contribution in [0.5, 0.6) is 0 Å². The number of nitrogens with one attached hydrogen (secondary N) is 2. The zero-order valence-corrected chi connectivity index (χ0v) is 37.8. The van der Waals surface area contributed by atoms with E-state index in [9.17, 15) is 9.90 Å². The molecule has 64 heavy (non-hydrogen) atoms. The monoisotopic (exact) mass is 834 g/mol. The number of benzene rings is 5. The molecule has 0 spiro atoms. The largest absolute Gasteiger partial charge is 0.478 e. The summed E-state index contributed by atoms with van der Waals surface area (Å²) in [5, 5.41) is 11.8. The van der Waals surface area contributed by atoms with E-state index in [-0.39, 0.29) is 5.56 Å². The molecule has 314 valence electrons. The van der Waals surface area contributed by atoms with Gasteiger partial charge < -0.3 is 15.1 Å². The number of fused-ring (bicyclic) bond motifs is 9. The first kappa shape index (κ1) is 40.5. The predicted octanol–water partition coefficient (Wildman–Crippen LogP) is 15.0. The summed E-state index contributed by atoms with van der Waals surface area (Å²) in [6, 6.07) is 33.6. The lowest BCUT2D eigenvalue weighted by atomic mass is 9.92. The molecule has 5 aromatic carbocycles. The van der Waals surface area contributed by atoms with Crippen LogP contribution in [0.4, 0.5) is 0 Å². The number of carbonyl (C=O) groups is 1. The summed E-state index contributed by atoms with van der Waals surface area (Å²) in [5.74, 6) is -0.965. The van der Waals surface area contributed by atoms with Crippen LogP contribution < -0.4 is 0 Å². The highest BCUT2D eigenvalue weighted by molar-refractivity contribution is 6.11. The van der Waals surface area contributed by atoms with Gasteiger partial charge in [0.2, 0.25) is 0 Å². The Morgan fingerprint density at radius 1 is 0.406 bits per heavy atom. The minimum absolute atomic E-state index is 0.256. The molecule has 0 aliphatic carbocycles. The van der Waals surface area contributed by atoms with E-state index in [0.717, 1.165) is 117 Å². The van der Waals surface area contributed by atoms with Crippen molar-refractivity contribution in [1.82, 2.24) is 19.9 Å². The molecule has 2 aliphatic rings. The third-order valence-electron chi connectivity index (χ3n) is 13.0. The summed E-state index contributed by atoms with van der Waals surface area (Å²) in [4.78, 5) is 31.6. The first-order valence-electron chi connectivity index (χ1n) is 21.9. The van der Waals surface area contributed by atoms with E-state index in [1.807, 2.05) is 30.3 Å². The molecular formula is C58H50N4O2. The SMILES string of the molecule is Cc1cc(C)c(-c2c3nc(c(-c4c(C)cc(C)cc4C)c4ccc([nH]4)c(-c4ccc(C(=O)O)c5ccccc45)c4nc(c(-c5c(C)cc(C)cc5C)c5ccc2[nH]5)C=C4)C=C3)c(C)c1. The highest BCUT2D eigenvalue weighted by Crippen LogP contribution is 2.43. The quantitative estimate of drug-likeness (QED) is 0.161. The van der Waals surface area contributed by atoms with E-state index >= 15 is 0 Å². The molecule has 0 amide bonds. The molecule has 0 atom stereocenters. The molecule has 3 N–H and O–H groups in total. The van der Waals surface area contributed by atoms with Gasteiger partial charge in [-0.3, -0.25) is 0 Å². The van der Waals surface area contributed by atoms with Crippen LogP contribution in [0.2, 0.25) is 0 Å². The second-order valence-electron chi connectivity index (χ2n) is 17.8. The Labute approximate surface area is 373 Å². The number of carboxylic acid groups (broad SMARTS) is 1. The van der Waals surface area contributed by atoms with Crippen LogP contribution in [0.1, 0.15) is 83.2 Å². The van der Waals surface area contributed by atoms with E-state index in [0.29, 0.717) is 5.39 Å². The number of hydrogen-bond donors (Lipinski definition) is 3. The fraction of sp³-hybridized carbons (Fsp3) is 0.155. The van der Waals surface area contributed by atoms with Crippen molar-refractivity contribution >= 4 is 63.1 Å². The van der Waals surface area contributed by atoms with E-state index in [2.05, 4.69) is 157 Å². The van der Waals surface area contributed by atoms with Gasteiger partial charge in [0, 0.05) is 44.3 Å². The van der Waals surface area contributed by atoms with E-state index in [4.69, 9.17) is 9.97 Å². The predicted molar refractivity (Wildman–Crippen MR) is 268 cm³/mol. The molecule has 6 heteroatoms. The van der Waals surface area contributed by atoms with Crippen molar-refractivity contribution in [1.29, 1.82) is 0 Å². The minimum atomic E-state index is -0.965. The van der Waals surface area contributed by atoms with Crippen molar-refractivity contribution in [2.24, 2.45) is 0 Å². The zero-order chi connectivity index (χ0) is 44.7. The number of H-pyrrole nitrogens is 2. The molecule has 0 saturated carbocycles. The molecule has 8 aromatic rings. The Morgan fingerprint density at radius 2 is 0.734 bits per heavy atom. The number of carboxylic acids is 1. The number of aromatic amines is 2. The summed E-state index contributed by atoms with van der Waals surface area (Å²) in [7, 11) is 0. The summed E-state index contributed by atoms with van der Waals surface area (Å²) in [5.41, 5.74) is 26.2. The van der Waals surface area contributed by atoms with Crippen LogP contribution in [-0.2, 0) is 0 Å². The van der Waals surface area contributed by atoms with Gasteiger partial charge in [0.25, 0.3) is 0 Å². The average Bonchev–Trinajstić information content (AvgIpc) is 4.08. The minimum Gasteiger partial charge on any atom is -0.478 e. The number of aromatic nitrogens is 4. The maximum Gasteiger partial charge on any atom is 0.336 e. The van der Waals surface area contributed by atoms with Gasteiger partial charge in [-0.05, 0) is 183 Å². The van der Waals surface area contributed by atoms with Crippen LogP contribution in [0.15, 0.2) is 97.1 Å². The summed E-state index contributed by atoms with van der Waals surface area (Å²) in [6.07, 6.45) is 8.56. The highest BCUT2D eigenvalue weighted by atomic mass is 16.4. The lowest BCUT2D eigenvalue weighted by molar-refractivity contribution is 0.0699. The normalized spacial score (nSPS) is 12.1. The molecule has 0 radical (unpaired) electrons. The summed E-state index contributed by atoms with van der Waals surface area (Å²) in [6.45, 7) is 19.6. The van der Waals surface area contributed by atoms with Crippen molar-refractivity contribution in [3.05, 3.63) is 175 Å². The van der Waals surface area contributed by atoms with E-state index in [1.165, 1.54) is 27.8 Å². The van der Waals surface area contributed by atoms with Gasteiger partial charge in [-0.15, -0.1) is 0 Å². The Morgan fingerprint density at radius 3 is 1.09 bits per heavy atom. The Kier molecular flexibility index (Phi) is 9.71. The Hall–Kier alpha value is -7.57. The first-order chi connectivity index (χ1) is 30.7. The molecule has 6 nitrogen and oxygen atoms in total. The van der Waals surface area contributed by atoms with Crippen molar-refractivity contribution in [3.8, 4) is 44.5 Å². The molecule has 5 heterocycles. The van der Waals surface area contributed by atoms with Gasteiger partial charge in [-0.2, -0.15) is 0 Å². The topological polar surface area (TPSA) is 94.7 Å². The number of hydrogen-bond acceptors (Lipinski definition) is 3. The zero-order valence-electron chi connectivity index (χ0n) is 37.8. The average molecular weight is 835 g/mol. The molecule has 3 aromatic heterocycles. The lowest BCUT2D eigenvalue weighted by Gasteiger charge is -2.14. The molecule has 0 fully saturated rings. The van der Waals surface area contributed by atoms with Crippen molar-refractivity contribution < 1.29 is 9.90 Å². The number of aromatic carboxylic acids is 1. The first-order valence-corrected chi connectivity index (χ1v) is 21.9. The number of rotatable bonds is 5. The molecular weight excluding hydrogens is 785 g/mol. The third-order valence-corrected chi connectivity index (χ3v) is 13.0. The van der Waals surface area contributed by atoms with Gasteiger partial charge in [0.15, 0.2) is 0 Å². The van der Waals surface area contributed by atoms with Crippen LogP contribution in [-0.4, -0.2) is 31.0 Å². The van der Waals surface area contributed by atoms with Crippen molar-refractivity contribution in [2.75, 3.05) is 0 Å². The number of aryl methyl sites for hydroxylation is 9. The van der Waals surface area contributed by atoms with Crippen molar-refractivity contribution in [2.45, 2.75) is 62.3 Å². The van der Waals surface area contributed by atoms with Crippen LogP contribution in [0.3, 0.4) is 0 Å². The fourth-order valence-corrected chi connectivity index (χ4v) is 10.7. The smallest absolute Gasteiger partial charge is 0.336 e. The number of nitrogens with zero attached hydrogens (tertiary/aromatic N) is 2. The van der Waals surface area contributed by atoms with E-state index < -0.39 is 5.97 Å². The van der Waals surface area contributed by atoms with Crippen LogP contribution in [0.25, 0.3) is 102 Å². The molecule has 0 saturated heterocycles. The Bertz CT molecular complexity index is 3450. The molecule has 0 unspecified atom stereocenters. The Balaban J connectivity index is 1.45. The highest BCUT2D eigenvalue weighted by Gasteiger charge is 2.24. The van der Waals surface area contributed by atoms with Gasteiger partial charge in [-0.1, -0.05) is 83.4 Å². The molecule has 2 aliphatic heterocycles.